The Hall–Kier alpha value is -2.00. The molecule has 6 nitrogen and oxygen atoms in total. The molecule has 0 atom stereocenters. The summed E-state index contributed by atoms with van der Waals surface area (Å²) in [6.07, 6.45) is 0. The van der Waals surface area contributed by atoms with Gasteiger partial charge in [-0.1, -0.05) is 23.8 Å². The van der Waals surface area contributed by atoms with E-state index in [1.54, 1.807) is 30.3 Å². The average Bonchev–Trinajstić information content (AvgIpc) is 2.70. The number of hydrogen-bond acceptors (Lipinski definition) is 5. The Morgan fingerprint density at radius 1 is 1.03 bits per heavy atom. The predicted octanol–water partition coefficient (Wildman–Crippen LogP) is 2.24. The van der Waals surface area contributed by atoms with Crippen molar-refractivity contribution >= 4 is 10.0 Å². The third-order valence-corrected chi connectivity index (χ3v) is 6.62. The van der Waals surface area contributed by atoms with Crippen LogP contribution in [-0.4, -0.2) is 64.6 Å². The number of ether oxygens (including phenoxy) is 1. The Balaban J connectivity index is 1.42. The van der Waals surface area contributed by atoms with Crippen LogP contribution in [0.15, 0.2) is 47.4 Å². The minimum absolute atomic E-state index is 0.256. The topological polar surface area (TPSA) is 61.9 Å². The molecule has 1 saturated heterocycles. The fourth-order valence-corrected chi connectivity index (χ4v) is 4.40. The van der Waals surface area contributed by atoms with Gasteiger partial charge in [0.1, 0.15) is 0 Å². The second-order valence-corrected chi connectivity index (χ2v) is 9.06. The van der Waals surface area contributed by atoms with Gasteiger partial charge in [-0.25, -0.2) is 17.5 Å². The zero-order chi connectivity index (χ0) is 20.9. The number of benzene rings is 2. The molecule has 0 radical (unpaired) electrons. The Morgan fingerprint density at radius 3 is 2.31 bits per heavy atom. The number of methoxy groups -OCH3 is 1. The largest absolute Gasteiger partial charge is 0.494 e. The summed E-state index contributed by atoms with van der Waals surface area (Å²) in [5.41, 5.74) is 1.95. The number of hydrogen-bond donors (Lipinski definition) is 1. The monoisotopic (exact) mass is 421 g/mol. The van der Waals surface area contributed by atoms with Crippen molar-refractivity contribution in [3.63, 3.8) is 0 Å². The summed E-state index contributed by atoms with van der Waals surface area (Å²) in [5, 5.41) is 0. The molecule has 0 aromatic heterocycles. The van der Waals surface area contributed by atoms with Crippen molar-refractivity contribution in [2.45, 2.75) is 18.4 Å². The van der Waals surface area contributed by atoms with Gasteiger partial charge in [0, 0.05) is 45.8 Å². The molecule has 1 heterocycles. The lowest BCUT2D eigenvalue weighted by Gasteiger charge is -2.34. The second-order valence-electron chi connectivity index (χ2n) is 7.30. The van der Waals surface area contributed by atoms with E-state index in [2.05, 4.69) is 14.5 Å². The highest BCUT2D eigenvalue weighted by Crippen LogP contribution is 2.19. The van der Waals surface area contributed by atoms with Crippen LogP contribution in [0.25, 0.3) is 0 Å². The third-order valence-electron chi connectivity index (χ3n) is 5.14. The zero-order valence-corrected chi connectivity index (χ0v) is 17.7. The molecule has 0 amide bonds. The van der Waals surface area contributed by atoms with Crippen molar-refractivity contribution in [2.24, 2.45) is 0 Å². The Bertz CT molecular complexity index is 911. The maximum absolute atomic E-state index is 13.8. The van der Waals surface area contributed by atoms with E-state index in [0.29, 0.717) is 24.5 Å². The minimum atomic E-state index is -3.47. The van der Waals surface area contributed by atoms with Crippen LogP contribution in [0.3, 0.4) is 0 Å². The number of nitrogens with one attached hydrogen (secondary N) is 1. The van der Waals surface area contributed by atoms with E-state index in [-0.39, 0.29) is 11.6 Å². The van der Waals surface area contributed by atoms with Gasteiger partial charge >= 0.3 is 0 Å². The molecule has 29 heavy (non-hydrogen) atoms. The molecule has 8 heteroatoms. The molecule has 1 fully saturated rings. The summed E-state index contributed by atoms with van der Waals surface area (Å²) in [6.45, 7) is 7.08. The molecular formula is C21H28FN3O3S. The third kappa shape index (κ3) is 5.99. The molecule has 3 rings (SSSR count). The summed E-state index contributed by atoms with van der Waals surface area (Å²) in [6, 6.07) is 11.9. The van der Waals surface area contributed by atoms with E-state index >= 15 is 0 Å². The Kier molecular flexibility index (Phi) is 7.23. The quantitative estimate of drug-likeness (QED) is 0.708. The van der Waals surface area contributed by atoms with E-state index in [0.717, 1.165) is 37.3 Å². The van der Waals surface area contributed by atoms with Gasteiger partial charge in [0.05, 0.1) is 12.0 Å². The summed E-state index contributed by atoms with van der Waals surface area (Å²) >= 11 is 0. The molecule has 0 unspecified atom stereocenters. The maximum atomic E-state index is 13.8. The van der Waals surface area contributed by atoms with Crippen LogP contribution in [0.5, 0.6) is 5.75 Å². The number of sulfonamides is 1. The van der Waals surface area contributed by atoms with Gasteiger partial charge in [-0.15, -0.1) is 0 Å². The number of halogens is 1. The van der Waals surface area contributed by atoms with Crippen LogP contribution < -0.4 is 9.46 Å². The molecule has 0 spiro atoms. The SMILES string of the molecule is COc1ccc(CN2CCN(CCNS(=O)(=O)c3ccc(C)cc3)CC2)cc1F. The normalized spacial score (nSPS) is 16.1. The van der Waals surface area contributed by atoms with E-state index in [1.165, 1.54) is 13.2 Å². The van der Waals surface area contributed by atoms with Crippen molar-refractivity contribution in [3.05, 3.63) is 59.4 Å². The lowest BCUT2D eigenvalue weighted by Crippen LogP contribution is -2.48. The fraction of sp³-hybridized carbons (Fsp3) is 0.429. The Morgan fingerprint density at radius 2 is 1.69 bits per heavy atom. The van der Waals surface area contributed by atoms with Crippen molar-refractivity contribution < 1.29 is 17.5 Å². The minimum Gasteiger partial charge on any atom is -0.494 e. The summed E-state index contributed by atoms with van der Waals surface area (Å²) < 4.78 is 46.1. The number of aryl methyl sites for hydroxylation is 1. The van der Waals surface area contributed by atoms with E-state index in [4.69, 9.17) is 4.74 Å². The smallest absolute Gasteiger partial charge is 0.240 e. The van der Waals surface area contributed by atoms with Gasteiger partial charge in [0.15, 0.2) is 11.6 Å². The molecule has 0 aliphatic carbocycles. The van der Waals surface area contributed by atoms with Crippen LogP contribution in [0, 0.1) is 12.7 Å². The molecular weight excluding hydrogens is 393 g/mol. The maximum Gasteiger partial charge on any atom is 0.240 e. The van der Waals surface area contributed by atoms with Gasteiger partial charge in [0.25, 0.3) is 0 Å². The molecule has 2 aromatic rings. The second kappa shape index (κ2) is 9.67. The standard InChI is InChI=1S/C21H28FN3O3S/c1-17-3-6-19(7-4-17)29(26,27)23-9-10-24-11-13-25(14-12-24)16-18-5-8-21(28-2)20(22)15-18/h3-8,15,23H,9-14,16H2,1-2H3. The fourth-order valence-electron chi connectivity index (χ4n) is 3.38. The van der Waals surface area contributed by atoms with E-state index < -0.39 is 10.0 Å². The van der Waals surface area contributed by atoms with E-state index in [9.17, 15) is 12.8 Å². The summed E-state index contributed by atoms with van der Waals surface area (Å²) in [4.78, 5) is 4.80. The van der Waals surface area contributed by atoms with Crippen molar-refractivity contribution in [2.75, 3.05) is 46.4 Å². The van der Waals surface area contributed by atoms with Crippen molar-refractivity contribution in [3.8, 4) is 5.75 Å². The molecule has 1 N–H and O–H groups in total. The highest BCUT2D eigenvalue weighted by molar-refractivity contribution is 7.89. The molecule has 1 aliphatic heterocycles. The van der Waals surface area contributed by atoms with Crippen LogP contribution in [-0.2, 0) is 16.6 Å². The van der Waals surface area contributed by atoms with Gasteiger partial charge in [-0.05, 0) is 36.8 Å². The molecule has 0 bridgehead atoms. The first kappa shape index (κ1) is 21.7. The molecule has 0 saturated carbocycles. The van der Waals surface area contributed by atoms with Gasteiger partial charge in [-0.3, -0.25) is 9.80 Å². The molecule has 2 aromatic carbocycles. The summed E-state index contributed by atoms with van der Waals surface area (Å²) in [7, 11) is -2.02. The highest BCUT2D eigenvalue weighted by Gasteiger charge is 2.19. The lowest BCUT2D eigenvalue weighted by atomic mass is 10.2. The Labute approximate surface area is 172 Å². The predicted molar refractivity (Wildman–Crippen MR) is 111 cm³/mol. The first-order valence-corrected chi connectivity index (χ1v) is 11.2. The van der Waals surface area contributed by atoms with Crippen LogP contribution in [0.4, 0.5) is 4.39 Å². The van der Waals surface area contributed by atoms with Crippen LogP contribution >= 0.6 is 0 Å². The summed E-state index contributed by atoms with van der Waals surface area (Å²) in [5.74, 6) is -0.0869. The van der Waals surface area contributed by atoms with Crippen LogP contribution in [0.2, 0.25) is 0 Å². The first-order valence-electron chi connectivity index (χ1n) is 9.71. The number of rotatable bonds is 8. The van der Waals surface area contributed by atoms with E-state index in [1.807, 2.05) is 13.0 Å². The molecule has 158 valence electrons. The highest BCUT2D eigenvalue weighted by atomic mass is 32.2. The zero-order valence-electron chi connectivity index (χ0n) is 16.9. The number of piperazine rings is 1. The van der Waals surface area contributed by atoms with Crippen LogP contribution in [0.1, 0.15) is 11.1 Å². The number of nitrogens with zero attached hydrogens (tertiary/aromatic N) is 2. The first-order chi connectivity index (χ1) is 13.9. The lowest BCUT2D eigenvalue weighted by molar-refractivity contribution is 0.129. The van der Waals surface area contributed by atoms with Gasteiger partial charge in [-0.2, -0.15) is 0 Å². The van der Waals surface area contributed by atoms with Crippen molar-refractivity contribution in [1.82, 2.24) is 14.5 Å². The molecule has 1 aliphatic rings. The van der Waals surface area contributed by atoms with Gasteiger partial charge < -0.3 is 4.74 Å². The van der Waals surface area contributed by atoms with Crippen molar-refractivity contribution in [1.29, 1.82) is 0 Å². The average molecular weight is 422 g/mol. The van der Waals surface area contributed by atoms with Gasteiger partial charge in [0.2, 0.25) is 10.0 Å².